The Kier molecular flexibility index (Phi) is 9.86. The van der Waals surface area contributed by atoms with Gasteiger partial charge in [-0.05, 0) is 80.1 Å². The van der Waals surface area contributed by atoms with Crippen LogP contribution >= 0.6 is 11.8 Å². The molecule has 0 aliphatic carbocycles. The highest BCUT2D eigenvalue weighted by Gasteiger charge is 2.45. The number of likely N-dealkylation sites (tertiary alicyclic amines) is 1. The zero-order chi connectivity index (χ0) is 38.2. The number of nitrogens with two attached hydrogens (primary N) is 1. The maximum absolute atomic E-state index is 13.4. The number of benzene rings is 3. The van der Waals surface area contributed by atoms with E-state index in [9.17, 15) is 28.8 Å². The van der Waals surface area contributed by atoms with Crippen molar-refractivity contribution in [2.24, 2.45) is 11.7 Å². The number of carbonyl (C=O) groups excluding carboxylic acids is 6. The van der Waals surface area contributed by atoms with Gasteiger partial charge in [-0.25, -0.2) is 4.68 Å². The summed E-state index contributed by atoms with van der Waals surface area (Å²) < 4.78 is 7.85. The predicted octanol–water partition coefficient (Wildman–Crippen LogP) is 4.62. The van der Waals surface area contributed by atoms with E-state index in [4.69, 9.17) is 15.6 Å². The number of aromatic nitrogens is 2. The number of nitrogens with one attached hydrogen (secondary N) is 2. The van der Waals surface area contributed by atoms with Gasteiger partial charge in [0.25, 0.3) is 17.7 Å². The second-order valence-corrected chi connectivity index (χ2v) is 15.2. The Morgan fingerprint density at radius 2 is 1.62 bits per heavy atom. The standard InChI is InChI=1S/C40H39N7O7S/c41-36(50)34-35(24-9-11-26(12-10-24)54-25-5-2-1-3-6-25)44-47-28(15-19-42-37(34)47)23-16-20-45(21-17-23)32(49)18-22-55-30-8-4-7-27-33(30)40(53)46(39(27)52)29-13-14-31(48)43-38(29)51/h1-12,23,28-29,42H,13-22H2,(H2,41,50)(H,43,48,51). The Labute approximate surface area is 320 Å². The molecular formula is C40H39N7O7S. The van der Waals surface area contributed by atoms with Gasteiger partial charge in [-0.3, -0.25) is 39.0 Å². The van der Waals surface area contributed by atoms with Crippen LogP contribution in [-0.4, -0.2) is 86.5 Å². The van der Waals surface area contributed by atoms with Crippen molar-refractivity contribution >= 4 is 53.0 Å². The Morgan fingerprint density at radius 3 is 2.35 bits per heavy atom. The summed E-state index contributed by atoms with van der Waals surface area (Å²) in [7, 11) is 0. The molecule has 2 unspecified atom stereocenters. The summed E-state index contributed by atoms with van der Waals surface area (Å²) in [4.78, 5) is 80.3. The predicted molar refractivity (Wildman–Crippen MR) is 203 cm³/mol. The molecule has 3 aromatic carbocycles. The van der Waals surface area contributed by atoms with Gasteiger partial charge < -0.3 is 20.7 Å². The van der Waals surface area contributed by atoms with Gasteiger partial charge in [0, 0.05) is 48.7 Å². The summed E-state index contributed by atoms with van der Waals surface area (Å²) in [5.74, 6) is -0.130. The first-order valence-corrected chi connectivity index (χ1v) is 19.4. The Bertz CT molecular complexity index is 2200. The van der Waals surface area contributed by atoms with Gasteiger partial charge in [-0.1, -0.05) is 24.3 Å². The molecule has 0 radical (unpaired) electrons. The topological polar surface area (TPSA) is 186 Å². The lowest BCUT2D eigenvalue weighted by Crippen LogP contribution is -2.54. The number of primary amides is 1. The van der Waals surface area contributed by atoms with Crippen LogP contribution in [0.4, 0.5) is 5.82 Å². The number of piperidine rings is 2. The number of anilines is 1. The van der Waals surface area contributed by atoms with E-state index in [2.05, 4.69) is 10.6 Å². The molecule has 14 nitrogen and oxygen atoms in total. The third-order valence-electron chi connectivity index (χ3n) is 10.8. The minimum Gasteiger partial charge on any atom is -0.457 e. The first-order valence-electron chi connectivity index (χ1n) is 18.4. The highest BCUT2D eigenvalue weighted by atomic mass is 32.2. The monoisotopic (exact) mass is 761 g/mol. The summed E-state index contributed by atoms with van der Waals surface area (Å²) in [6.45, 7) is 1.84. The number of fused-ring (bicyclic) bond motifs is 2. The number of amides is 6. The largest absolute Gasteiger partial charge is 0.457 e. The van der Waals surface area contributed by atoms with Crippen molar-refractivity contribution in [3.8, 4) is 22.8 Å². The van der Waals surface area contributed by atoms with Gasteiger partial charge in [-0.15, -0.1) is 11.8 Å². The number of imide groups is 2. The molecule has 0 spiro atoms. The van der Waals surface area contributed by atoms with Crippen LogP contribution in [-0.2, 0) is 14.4 Å². The fourth-order valence-corrected chi connectivity index (χ4v) is 9.04. The quantitative estimate of drug-likeness (QED) is 0.152. The molecule has 4 aromatic rings. The smallest absolute Gasteiger partial charge is 0.263 e. The van der Waals surface area contributed by atoms with E-state index in [0.29, 0.717) is 53.1 Å². The van der Waals surface area contributed by atoms with E-state index < -0.39 is 35.6 Å². The fourth-order valence-electron chi connectivity index (χ4n) is 8.03. The van der Waals surface area contributed by atoms with Crippen molar-refractivity contribution in [3.05, 3.63) is 89.5 Å². The lowest BCUT2D eigenvalue weighted by atomic mass is 9.86. The molecular weight excluding hydrogens is 723 g/mol. The number of hydrogen-bond donors (Lipinski definition) is 3. The Morgan fingerprint density at radius 1 is 0.873 bits per heavy atom. The fraction of sp³-hybridized carbons (Fsp3) is 0.325. The molecule has 4 N–H and O–H groups in total. The van der Waals surface area contributed by atoms with Crippen molar-refractivity contribution in [2.75, 3.05) is 30.7 Å². The SMILES string of the molecule is NC(=O)c1c(-c2ccc(Oc3ccccc3)cc2)nn2c1NCCC2C1CCN(C(=O)CCSc2cccc3c2C(=O)N(C2CCC(=O)NC2=O)C3=O)CC1. The summed E-state index contributed by atoms with van der Waals surface area (Å²) >= 11 is 1.33. The number of hydrogen-bond acceptors (Lipinski definition) is 10. The maximum Gasteiger partial charge on any atom is 0.263 e. The van der Waals surface area contributed by atoms with Gasteiger partial charge in [0.05, 0.1) is 17.2 Å². The first-order chi connectivity index (χ1) is 26.7. The molecule has 4 aliphatic rings. The second-order valence-electron chi connectivity index (χ2n) is 14.0. The molecule has 0 saturated carbocycles. The van der Waals surface area contributed by atoms with Crippen LogP contribution in [0.1, 0.15) is 75.6 Å². The second kappa shape index (κ2) is 15.1. The van der Waals surface area contributed by atoms with Crippen LogP contribution < -0.4 is 21.1 Å². The molecule has 2 fully saturated rings. The lowest BCUT2D eigenvalue weighted by molar-refractivity contribution is -0.136. The number of thioether (sulfide) groups is 1. The van der Waals surface area contributed by atoms with E-state index in [1.165, 1.54) is 11.8 Å². The zero-order valence-corrected chi connectivity index (χ0v) is 30.7. The van der Waals surface area contributed by atoms with Gasteiger partial charge in [0.1, 0.15) is 34.6 Å². The van der Waals surface area contributed by atoms with Gasteiger partial charge in [0.15, 0.2) is 0 Å². The van der Waals surface area contributed by atoms with Gasteiger partial charge in [-0.2, -0.15) is 5.10 Å². The van der Waals surface area contributed by atoms with Gasteiger partial charge in [0.2, 0.25) is 17.7 Å². The zero-order valence-electron chi connectivity index (χ0n) is 29.9. The van der Waals surface area contributed by atoms with Crippen LogP contribution in [0.25, 0.3) is 11.3 Å². The van der Waals surface area contributed by atoms with Crippen LogP contribution in [0.5, 0.6) is 11.5 Å². The van der Waals surface area contributed by atoms with Crippen molar-refractivity contribution in [1.82, 2.24) is 24.9 Å². The molecule has 55 heavy (non-hydrogen) atoms. The van der Waals surface area contributed by atoms with Crippen LogP contribution in [0.15, 0.2) is 77.7 Å². The molecule has 15 heteroatoms. The molecule has 8 rings (SSSR count). The number of nitrogens with zero attached hydrogens (tertiary/aromatic N) is 4. The minimum atomic E-state index is -1.04. The molecule has 2 saturated heterocycles. The van der Waals surface area contributed by atoms with Crippen molar-refractivity contribution < 1.29 is 33.5 Å². The summed E-state index contributed by atoms with van der Waals surface area (Å²) in [6.07, 6.45) is 2.74. The highest BCUT2D eigenvalue weighted by Crippen LogP contribution is 2.41. The molecule has 1 aromatic heterocycles. The molecule has 4 aliphatic heterocycles. The lowest BCUT2D eigenvalue weighted by Gasteiger charge is -2.38. The van der Waals surface area contributed by atoms with Crippen molar-refractivity contribution in [2.45, 2.75) is 55.5 Å². The van der Waals surface area contributed by atoms with Gasteiger partial charge >= 0.3 is 0 Å². The number of para-hydroxylation sites is 1. The van der Waals surface area contributed by atoms with Crippen LogP contribution in [0.3, 0.4) is 0 Å². The summed E-state index contributed by atoms with van der Waals surface area (Å²) in [5.41, 5.74) is 7.99. The first kappa shape index (κ1) is 36.0. The summed E-state index contributed by atoms with van der Waals surface area (Å²) in [6, 6.07) is 20.9. The van der Waals surface area contributed by atoms with Crippen molar-refractivity contribution in [1.29, 1.82) is 0 Å². The maximum atomic E-state index is 13.4. The molecule has 0 bridgehead atoms. The minimum absolute atomic E-state index is 0.00850. The molecule has 5 heterocycles. The van der Waals surface area contributed by atoms with E-state index >= 15 is 0 Å². The van der Waals surface area contributed by atoms with E-state index in [1.807, 2.05) is 64.2 Å². The molecule has 6 amide bonds. The Balaban J connectivity index is 0.887. The van der Waals surface area contributed by atoms with E-state index in [-0.39, 0.29) is 48.3 Å². The van der Waals surface area contributed by atoms with E-state index in [0.717, 1.165) is 35.5 Å². The number of rotatable bonds is 10. The third-order valence-corrected chi connectivity index (χ3v) is 11.8. The highest BCUT2D eigenvalue weighted by molar-refractivity contribution is 7.99. The summed E-state index contributed by atoms with van der Waals surface area (Å²) in [5, 5.41) is 10.5. The van der Waals surface area contributed by atoms with Crippen LogP contribution in [0, 0.1) is 5.92 Å². The third kappa shape index (κ3) is 6.95. The average Bonchev–Trinajstić information content (AvgIpc) is 3.71. The number of ether oxygens (including phenoxy) is 1. The molecule has 2 atom stereocenters. The molecule has 282 valence electrons. The average molecular weight is 762 g/mol. The van der Waals surface area contributed by atoms with E-state index in [1.54, 1.807) is 18.2 Å². The van der Waals surface area contributed by atoms with Crippen LogP contribution in [0.2, 0.25) is 0 Å². The normalized spacial score (nSPS) is 19.8. The Hall–Kier alpha value is -5.96. The van der Waals surface area contributed by atoms with Crippen molar-refractivity contribution in [3.63, 3.8) is 0 Å². The number of carbonyl (C=O) groups is 6.